The maximum atomic E-state index is 12.3. The van der Waals surface area contributed by atoms with Crippen molar-refractivity contribution in [1.29, 1.82) is 0 Å². The number of hydrogen-bond donors (Lipinski definition) is 0. The number of carbonyl (C=O) groups excluding carboxylic acids is 1. The molecule has 18 heavy (non-hydrogen) atoms. The van der Waals surface area contributed by atoms with Crippen LogP contribution in [0.3, 0.4) is 0 Å². The predicted octanol–water partition coefficient (Wildman–Crippen LogP) is 3.30. The average molecular weight is 351 g/mol. The molecule has 1 aromatic heterocycles. The SMILES string of the molecule is CS(=O)(=O)C1CCCC(C(=O)c2ccc(Br)s2)C1. The van der Waals surface area contributed by atoms with Crippen molar-refractivity contribution in [2.24, 2.45) is 5.92 Å². The topological polar surface area (TPSA) is 51.2 Å². The molecule has 0 spiro atoms. The summed E-state index contributed by atoms with van der Waals surface area (Å²) in [6.45, 7) is 0. The van der Waals surface area contributed by atoms with Crippen LogP contribution < -0.4 is 0 Å². The van der Waals surface area contributed by atoms with Gasteiger partial charge in [-0.1, -0.05) is 6.42 Å². The van der Waals surface area contributed by atoms with Crippen LogP contribution in [0.15, 0.2) is 15.9 Å². The summed E-state index contributed by atoms with van der Waals surface area (Å²) < 4.78 is 24.1. The number of hydrogen-bond acceptors (Lipinski definition) is 4. The van der Waals surface area contributed by atoms with Crippen molar-refractivity contribution in [3.63, 3.8) is 0 Å². The Kier molecular flexibility index (Phi) is 4.29. The van der Waals surface area contributed by atoms with Crippen molar-refractivity contribution in [3.05, 3.63) is 20.8 Å². The molecule has 0 N–H and O–H groups in total. The Balaban J connectivity index is 2.12. The van der Waals surface area contributed by atoms with Crippen molar-refractivity contribution in [1.82, 2.24) is 0 Å². The molecule has 0 saturated heterocycles. The molecular weight excluding hydrogens is 336 g/mol. The minimum absolute atomic E-state index is 0.0963. The van der Waals surface area contributed by atoms with E-state index in [9.17, 15) is 13.2 Å². The summed E-state index contributed by atoms with van der Waals surface area (Å²) >= 11 is 4.75. The van der Waals surface area contributed by atoms with Gasteiger partial charge < -0.3 is 0 Å². The van der Waals surface area contributed by atoms with Gasteiger partial charge in [0.2, 0.25) is 0 Å². The van der Waals surface area contributed by atoms with Crippen LogP contribution >= 0.6 is 27.3 Å². The Labute approximate surface area is 120 Å². The number of Topliss-reactive ketones (excluding diaryl/α,β-unsaturated/α-hetero) is 1. The van der Waals surface area contributed by atoms with Gasteiger partial charge >= 0.3 is 0 Å². The number of ketones is 1. The number of rotatable bonds is 3. The zero-order chi connectivity index (χ0) is 13.3. The predicted molar refractivity (Wildman–Crippen MR) is 76.9 cm³/mol. The van der Waals surface area contributed by atoms with Crippen LogP contribution in [0, 0.1) is 5.92 Å². The van der Waals surface area contributed by atoms with E-state index in [1.54, 1.807) is 6.07 Å². The van der Waals surface area contributed by atoms with E-state index < -0.39 is 9.84 Å². The van der Waals surface area contributed by atoms with E-state index in [0.29, 0.717) is 12.8 Å². The first-order valence-corrected chi connectivity index (χ1v) is 9.43. The third kappa shape index (κ3) is 3.22. The molecule has 3 nitrogen and oxygen atoms in total. The highest BCUT2D eigenvalue weighted by atomic mass is 79.9. The smallest absolute Gasteiger partial charge is 0.175 e. The summed E-state index contributed by atoms with van der Waals surface area (Å²) in [5.41, 5.74) is 0. The standard InChI is InChI=1S/C12H15BrO3S2/c1-18(15,16)9-4-2-3-8(7-9)12(14)10-5-6-11(13)17-10/h5-6,8-9H,2-4,7H2,1H3. The van der Waals surface area contributed by atoms with Crippen molar-refractivity contribution >= 4 is 42.9 Å². The molecular formula is C12H15BrO3S2. The first kappa shape index (κ1) is 14.2. The van der Waals surface area contributed by atoms with Crippen LogP contribution in [0.2, 0.25) is 0 Å². The molecule has 2 rings (SSSR count). The number of halogens is 1. The lowest BCUT2D eigenvalue weighted by atomic mass is 9.85. The zero-order valence-electron chi connectivity index (χ0n) is 10.1. The fraction of sp³-hybridized carbons (Fsp3) is 0.583. The highest BCUT2D eigenvalue weighted by Gasteiger charge is 2.33. The van der Waals surface area contributed by atoms with Gasteiger partial charge in [0.25, 0.3) is 0 Å². The summed E-state index contributed by atoms with van der Waals surface area (Å²) in [4.78, 5) is 13.0. The van der Waals surface area contributed by atoms with E-state index in [2.05, 4.69) is 15.9 Å². The van der Waals surface area contributed by atoms with Gasteiger partial charge in [-0.25, -0.2) is 8.42 Å². The first-order chi connectivity index (χ1) is 8.38. The molecule has 1 aromatic rings. The van der Waals surface area contributed by atoms with Crippen LogP contribution in [0.4, 0.5) is 0 Å². The van der Waals surface area contributed by atoms with Crippen molar-refractivity contribution in [2.75, 3.05) is 6.26 Å². The molecule has 0 amide bonds. The van der Waals surface area contributed by atoms with Gasteiger partial charge in [-0.05, 0) is 47.3 Å². The van der Waals surface area contributed by atoms with Gasteiger partial charge in [-0.3, -0.25) is 4.79 Å². The summed E-state index contributed by atoms with van der Waals surface area (Å²) in [5, 5.41) is -0.344. The van der Waals surface area contributed by atoms with Crippen molar-refractivity contribution < 1.29 is 13.2 Å². The maximum Gasteiger partial charge on any atom is 0.175 e. The number of thiophene rings is 1. The fourth-order valence-corrected chi connectivity index (χ4v) is 5.00. The van der Waals surface area contributed by atoms with Crippen LogP contribution in [-0.2, 0) is 9.84 Å². The lowest BCUT2D eigenvalue weighted by molar-refractivity contribution is 0.0895. The second-order valence-electron chi connectivity index (χ2n) is 4.78. The summed E-state index contributed by atoms with van der Waals surface area (Å²) in [6.07, 6.45) is 4.07. The summed E-state index contributed by atoms with van der Waals surface area (Å²) in [6, 6.07) is 3.66. The molecule has 100 valence electrons. The quantitative estimate of drug-likeness (QED) is 0.785. The normalized spacial score (nSPS) is 25.0. The van der Waals surface area contributed by atoms with Crippen LogP contribution in [0.25, 0.3) is 0 Å². The molecule has 2 unspecified atom stereocenters. The van der Waals surface area contributed by atoms with E-state index in [1.807, 2.05) is 6.07 Å². The monoisotopic (exact) mass is 350 g/mol. The molecule has 1 aliphatic carbocycles. The molecule has 1 fully saturated rings. The molecule has 0 aromatic carbocycles. The molecule has 1 saturated carbocycles. The summed E-state index contributed by atoms with van der Waals surface area (Å²) in [5.74, 6) is -0.0388. The number of carbonyl (C=O) groups is 1. The minimum atomic E-state index is -3.03. The Morgan fingerprint density at radius 1 is 1.39 bits per heavy atom. The Morgan fingerprint density at radius 3 is 2.67 bits per heavy atom. The van der Waals surface area contributed by atoms with E-state index in [-0.39, 0.29) is 17.0 Å². The first-order valence-electron chi connectivity index (χ1n) is 5.86. The largest absolute Gasteiger partial charge is 0.293 e. The highest BCUT2D eigenvalue weighted by molar-refractivity contribution is 9.11. The molecule has 0 bridgehead atoms. The average Bonchev–Trinajstić information content (AvgIpc) is 2.74. The van der Waals surface area contributed by atoms with Crippen molar-refractivity contribution in [2.45, 2.75) is 30.9 Å². The van der Waals surface area contributed by atoms with Gasteiger partial charge in [0, 0.05) is 12.2 Å². The number of sulfone groups is 1. The molecule has 0 radical (unpaired) electrons. The highest BCUT2D eigenvalue weighted by Crippen LogP contribution is 2.33. The van der Waals surface area contributed by atoms with E-state index in [1.165, 1.54) is 17.6 Å². The lowest BCUT2D eigenvalue weighted by Crippen LogP contribution is -2.30. The van der Waals surface area contributed by atoms with E-state index in [0.717, 1.165) is 21.5 Å². The summed E-state index contributed by atoms with van der Waals surface area (Å²) in [7, 11) is -3.03. The van der Waals surface area contributed by atoms with E-state index in [4.69, 9.17) is 0 Å². The second-order valence-corrected chi connectivity index (χ2v) is 9.57. The van der Waals surface area contributed by atoms with Gasteiger partial charge in [0.05, 0.1) is 13.9 Å². The maximum absolute atomic E-state index is 12.3. The molecule has 6 heteroatoms. The van der Waals surface area contributed by atoms with Gasteiger partial charge in [0.1, 0.15) is 9.84 Å². The Bertz CT molecular complexity index is 547. The molecule has 2 atom stereocenters. The van der Waals surface area contributed by atoms with Crippen LogP contribution in [0.1, 0.15) is 35.4 Å². The molecule has 1 aliphatic rings. The zero-order valence-corrected chi connectivity index (χ0v) is 13.3. The second kappa shape index (κ2) is 5.43. The minimum Gasteiger partial charge on any atom is -0.293 e. The lowest BCUT2D eigenvalue weighted by Gasteiger charge is -2.26. The van der Waals surface area contributed by atoms with Gasteiger partial charge in [-0.15, -0.1) is 11.3 Å². The third-order valence-corrected chi connectivity index (χ3v) is 6.70. The van der Waals surface area contributed by atoms with E-state index >= 15 is 0 Å². The third-order valence-electron chi connectivity index (χ3n) is 3.42. The van der Waals surface area contributed by atoms with Crippen molar-refractivity contribution in [3.8, 4) is 0 Å². The van der Waals surface area contributed by atoms with Gasteiger partial charge in [0.15, 0.2) is 5.78 Å². The molecule has 0 aliphatic heterocycles. The molecule has 1 heterocycles. The van der Waals surface area contributed by atoms with Crippen LogP contribution in [0.5, 0.6) is 0 Å². The van der Waals surface area contributed by atoms with Crippen LogP contribution in [-0.4, -0.2) is 25.7 Å². The van der Waals surface area contributed by atoms with Gasteiger partial charge in [-0.2, -0.15) is 0 Å². The Hall–Kier alpha value is -0.200. The fourth-order valence-electron chi connectivity index (χ4n) is 2.42. The Morgan fingerprint density at radius 2 is 2.11 bits per heavy atom.